The second-order valence-electron chi connectivity index (χ2n) is 8.50. The van der Waals surface area contributed by atoms with Crippen molar-refractivity contribution in [3.63, 3.8) is 0 Å². The van der Waals surface area contributed by atoms with Gasteiger partial charge >= 0.3 is 0 Å². The Bertz CT molecular complexity index is 429. The molecule has 1 rings (SSSR count). The molecule has 0 fully saturated rings. The Balaban J connectivity index is 1.70. The minimum Gasteiger partial charge on any atom is -0.508 e. The van der Waals surface area contributed by atoms with E-state index < -0.39 is 0 Å². The highest BCUT2D eigenvalue weighted by Gasteiger charge is 1.96. The summed E-state index contributed by atoms with van der Waals surface area (Å²) < 4.78 is 0. The first-order valence-electron chi connectivity index (χ1n) is 12.3. The molecule has 0 heterocycles. The van der Waals surface area contributed by atoms with E-state index in [9.17, 15) is 5.11 Å². The molecule has 28 heavy (non-hydrogen) atoms. The number of hydrogen-bond donors (Lipinski definition) is 2. The molecule has 162 valence electrons. The summed E-state index contributed by atoms with van der Waals surface area (Å²) in [6.07, 6.45) is 24.2. The van der Waals surface area contributed by atoms with E-state index in [1.807, 2.05) is 12.1 Å². The second-order valence-corrected chi connectivity index (χ2v) is 8.50. The summed E-state index contributed by atoms with van der Waals surface area (Å²) in [4.78, 5) is 0. The van der Waals surface area contributed by atoms with Crippen molar-refractivity contribution in [2.24, 2.45) is 0 Å². The van der Waals surface area contributed by atoms with E-state index in [1.165, 1.54) is 115 Å². The van der Waals surface area contributed by atoms with Gasteiger partial charge in [0.25, 0.3) is 0 Å². The maximum Gasteiger partial charge on any atom is 0.115 e. The van der Waals surface area contributed by atoms with Crippen LogP contribution in [0.25, 0.3) is 0 Å². The van der Waals surface area contributed by atoms with E-state index >= 15 is 0 Å². The Morgan fingerprint density at radius 1 is 0.571 bits per heavy atom. The third-order valence-electron chi connectivity index (χ3n) is 5.72. The van der Waals surface area contributed by atoms with Crippen molar-refractivity contribution in [1.29, 1.82) is 0 Å². The summed E-state index contributed by atoms with van der Waals surface area (Å²) >= 11 is 0. The standard InChI is InChI=1S/C26H47NO/c1-2-3-4-5-6-7-8-9-10-11-12-13-14-15-16-17-18-23-27-24-25-19-21-26(28)22-20-25/h19-22,27-28H,2-18,23-24H2,1H3. The van der Waals surface area contributed by atoms with E-state index in [0.717, 1.165) is 13.1 Å². The highest BCUT2D eigenvalue weighted by Crippen LogP contribution is 2.14. The van der Waals surface area contributed by atoms with Crippen LogP contribution in [0, 0.1) is 0 Å². The molecule has 0 radical (unpaired) electrons. The van der Waals surface area contributed by atoms with Crippen molar-refractivity contribution in [3.8, 4) is 5.75 Å². The van der Waals surface area contributed by atoms with Crippen LogP contribution in [0.4, 0.5) is 0 Å². The summed E-state index contributed by atoms with van der Waals surface area (Å²) in [5, 5.41) is 12.8. The largest absolute Gasteiger partial charge is 0.508 e. The maximum atomic E-state index is 9.27. The first-order valence-corrected chi connectivity index (χ1v) is 12.3. The van der Waals surface area contributed by atoms with Gasteiger partial charge in [0.05, 0.1) is 0 Å². The predicted molar refractivity (Wildman–Crippen MR) is 124 cm³/mol. The van der Waals surface area contributed by atoms with Crippen molar-refractivity contribution >= 4 is 0 Å². The fraction of sp³-hybridized carbons (Fsp3) is 0.769. The van der Waals surface area contributed by atoms with Gasteiger partial charge in [0, 0.05) is 6.54 Å². The highest BCUT2D eigenvalue weighted by molar-refractivity contribution is 5.25. The van der Waals surface area contributed by atoms with Gasteiger partial charge < -0.3 is 10.4 Å². The summed E-state index contributed by atoms with van der Waals surface area (Å²) in [5.41, 5.74) is 1.24. The highest BCUT2D eigenvalue weighted by atomic mass is 16.3. The lowest BCUT2D eigenvalue weighted by Crippen LogP contribution is -2.14. The van der Waals surface area contributed by atoms with Crippen molar-refractivity contribution in [2.45, 2.75) is 123 Å². The molecule has 2 N–H and O–H groups in total. The molecule has 0 aliphatic heterocycles. The van der Waals surface area contributed by atoms with E-state index in [0.29, 0.717) is 5.75 Å². The van der Waals surface area contributed by atoms with Crippen molar-refractivity contribution in [2.75, 3.05) is 6.54 Å². The van der Waals surface area contributed by atoms with Crippen LogP contribution < -0.4 is 5.32 Å². The van der Waals surface area contributed by atoms with Gasteiger partial charge in [0.1, 0.15) is 5.75 Å². The monoisotopic (exact) mass is 389 g/mol. The molecule has 1 aromatic rings. The molecule has 0 aromatic heterocycles. The Hall–Kier alpha value is -1.02. The lowest BCUT2D eigenvalue weighted by Gasteiger charge is -2.06. The van der Waals surface area contributed by atoms with Gasteiger partial charge in [0.15, 0.2) is 0 Å². The molecule has 0 unspecified atom stereocenters. The van der Waals surface area contributed by atoms with Gasteiger partial charge in [-0.2, -0.15) is 0 Å². The molecule has 0 atom stereocenters. The molecule has 0 spiro atoms. The summed E-state index contributed by atoms with van der Waals surface area (Å²) in [6, 6.07) is 7.48. The van der Waals surface area contributed by atoms with Crippen LogP contribution in [-0.4, -0.2) is 11.7 Å². The molecule has 0 aliphatic rings. The number of phenols is 1. The van der Waals surface area contributed by atoms with E-state index in [1.54, 1.807) is 12.1 Å². The Morgan fingerprint density at radius 3 is 1.39 bits per heavy atom. The van der Waals surface area contributed by atoms with Gasteiger partial charge in [0.2, 0.25) is 0 Å². The van der Waals surface area contributed by atoms with E-state index in [-0.39, 0.29) is 0 Å². The fourth-order valence-electron chi connectivity index (χ4n) is 3.82. The number of phenolic OH excluding ortho intramolecular Hbond substituents is 1. The first kappa shape index (κ1) is 25.0. The summed E-state index contributed by atoms with van der Waals surface area (Å²) in [5.74, 6) is 0.344. The number of aromatic hydroxyl groups is 1. The zero-order valence-electron chi connectivity index (χ0n) is 18.7. The van der Waals surface area contributed by atoms with Gasteiger partial charge in [-0.3, -0.25) is 0 Å². The fourth-order valence-corrected chi connectivity index (χ4v) is 3.82. The second kappa shape index (κ2) is 19.3. The van der Waals surface area contributed by atoms with Crippen molar-refractivity contribution in [1.82, 2.24) is 5.32 Å². The van der Waals surface area contributed by atoms with Gasteiger partial charge in [-0.25, -0.2) is 0 Å². The smallest absolute Gasteiger partial charge is 0.115 e. The maximum absolute atomic E-state index is 9.27. The van der Waals surface area contributed by atoms with Crippen LogP contribution in [-0.2, 0) is 6.54 Å². The third kappa shape index (κ3) is 16.0. The first-order chi connectivity index (χ1) is 13.8. The molecule has 0 bridgehead atoms. The van der Waals surface area contributed by atoms with Crippen LogP contribution >= 0.6 is 0 Å². The molecular weight excluding hydrogens is 342 g/mol. The Kier molecular flexibility index (Phi) is 17.2. The molecule has 0 amide bonds. The predicted octanol–water partition coefficient (Wildman–Crippen LogP) is 8.13. The molecule has 2 heteroatoms. The number of hydrogen-bond acceptors (Lipinski definition) is 2. The zero-order chi connectivity index (χ0) is 20.1. The Morgan fingerprint density at radius 2 is 0.964 bits per heavy atom. The van der Waals surface area contributed by atoms with Crippen LogP contribution in [0.1, 0.15) is 122 Å². The normalized spacial score (nSPS) is 11.2. The van der Waals surface area contributed by atoms with Gasteiger partial charge in [-0.1, -0.05) is 122 Å². The quantitative estimate of drug-likeness (QED) is 0.221. The number of rotatable bonds is 20. The van der Waals surface area contributed by atoms with Crippen LogP contribution in [0.3, 0.4) is 0 Å². The average Bonchev–Trinajstić information content (AvgIpc) is 2.71. The zero-order valence-corrected chi connectivity index (χ0v) is 18.7. The summed E-state index contributed by atoms with van der Waals surface area (Å²) in [7, 11) is 0. The van der Waals surface area contributed by atoms with Crippen LogP contribution in [0.5, 0.6) is 5.75 Å². The molecule has 0 saturated heterocycles. The molecule has 1 aromatic carbocycles. The lowest BCUT2D eigenvalue weighted by molar-refractivity contribution is 0.475. The molecule has 2 nitrogen and oxygen atoms in total. The number of benzene rings is 1. The summed E-state index contributed by atoms with van der Waals surface area (Å²) in [6.45, 7) is 4.29. The number of nitrogens with one attached hydrogen (secondary N) is 1. The Labute approximate surface area is 175 Å². The lowest BCUT2D eigenvalue weighted by atomic mass is 10.0. The third-order valence-corrected chi connectivity index (χ3v) is 5.72. The molecule has 0 aliphatic carbocycles. The van der Waals surface area contributed by atoms with E-state index in [4.69, 9.17) is 0 Å². The minimum atomic E-state index is 0.344. The molecule has 0 saturated carbocycles. The number of unbranched alkanes of at least 4 members (excludes halogenated alkanes) is 16. The van der Waals surface area contributed by atoms with Gasteiger partial charge in [-0.15, -0.1) is 0 Å². The van der Waals surface area contributed by atoms with Gasteiger partial charge in [-0.05, 0) is 30.7 Å². The van der Waals surface area contributed by atoms with Crippen molar-refractivity contribution in [3.05, 3.63) is 29.8 Å². The van der Waals surface area contributed by atoms with Crippen LogP contribution in [0.2, 0.25) is 0 Å². The SMILES string of the molecule is CCCCCCCCCCCCCCCCCCCNCc1ccc(O)cc1. The molecular formula is C26H47NO. The minimum absolute atomic E-state index is 0.344. The topological polar surface area (TPSA) is 32.3 Å². The van der Waals surface area contributed by atoms with Crippen molar-refractivity contribution < 1.29 is 5.11 Å². The average molecular weight is 390 g/mol. The van der Waals surface area contributed by atoms with E-state index in [2.05, 4.69) is 12.2 Å². The van der Waals surface area contributed by atoms with Crippen LogP contribution in [0.15, 0.2) is 24.3 Å².